The number of aromatic nitrogens is 2. The number of nitrogens with one attached hydrogen (secondary N) is 2. The van der Waals surface area contributed by atoms with Crippen molar-refractivity contribution in [1.82, 2.24) is 14.9 Å². The topological polar surface area (TPSA) is 87.3 Å². The number of hydrogen-bond acceptors (Lipinski definition) is 4. The molecule has 2 N–H and O–H groups in total. The monoisotopic (exact) mass is 404 g/mol. The molecule has 0 saturated carbocycles. The first kappa shape index (κ1) is 19.7. The van der Waals surface area contributed by atoms with E-state index in [4.69, 9.17) is 4.74 Å². The third kappa shape index (κ3) is 3.91. The predicted molar refractivity (Wildman–Crippen MR) is 116 cm³/mol. The first-order valence-corrected chi connectivity index (χ1v) is 9.84. The molecular weight excluding hydrogens is 380 g/mol. The maximum atomic E-state index is 12.8. The molecule has 0 bridgehead atoms. The summed E-state index contributed by atoms with van der Waals surface area (Å²) in [7, 11) is 1.60. The largest absolute Gasteiger partial charge is 0.497 e. The standard InChI is InChI=1S/C23H24N4O3/c1-14-4-9-19(15(2)12-14)25-23(29)27-11-10-18-20(13-27)24-21(26-22(18)28)16-5-7-17(30-3)8-6-16/h4-9,12H,10-11,13H2,1-3H3,(H,25,29)(H,24,26,28). The van der Waals surface area contributed by atoms with Gasteiger partial charge < -0.3 is 19.9 Å². The van der Waals surface area contributed by atoms with Crippen molar-refractivity contribution in [1.29, 1.82) is 0 Å². The molecule has 0 radical (unpaired) electrons. The van der Waals surface area contributed by atoms with E-state index >= 15 is 0 Å². The van der Waals surface area contributed by atoms with Crippen molar-refractivity contribution in [2.45, 2.75) is 26.8 Å². The lowest BCUT2D eigenvalue weighted by Crippen LogP contribution is -2.41. The van der Waals surface area contributed by atoms with Gasteiger partial charge in [-0.2, -0.15) is 0 Å². The Balaban J connectivity index is 1.56. The van der Waals surface area contributed by atoms with Gasteiger partial charge in [-0.3, -0.25) is 4.79 Å². The van der Waals surface area contributed by atoms with Gasteiger partial charge in [0, 0.05) is 23.4 Å². The van der Waals surface area contributed by atoms with E-state index in [0.29, 0.717) is 36.6 Å². The number of benzene rings is 2. The quantitative estimate of drug-likeness (QED) is 0.698. The summed E-state index contributed by atoms with van der Waals surface area (Å²) >= 11 is 0. The van der Waals surface area contributed by atoms with E-state index in [0.717, 1.165) is 28.1 Å². The third-order valence-electron chi connectivity index (χ3n) is 5.35. The highest BCUT2D eigenvalue weighted by atomic mass is 16.5. The minimum Gasteiger partial charge on any atom is -0.497 e. The first-order chi connectivity index (χ1) is 14.4. The fourth-order valence-corrected chi connectivity index (χ4v) is 3.65. The lowest BCUT2D eigenvalue weighted by molar-refractivity contribution is 0.205. The van der Waals surface area contributed by atoms with Crippen LogP contribution in [0.5, 0.6) is 5.75 Å². The SMILES string of the molecule is COc1ccc(-c2nc3c(c(=O)[nH]2)CCN(C(=O)Nc2ccc(C)cc2C)C3)cc1. The van der Waals surface area contributed by atoms with Crippen LogP contribution in [0.15, 0.2) is 47.3 Å². The third-order valence-corrected chi connectivity index (χ3v) is 5.35. The number of aromatic amines is 1. The first-order valence-electron chi connectivity index (χ1n) is 9.84. The number of anilines is 1. The molecule has 0 atom stereocenters. The van der Waals surface area contributed by atoms with Crippen LogP contribution < -0.4 is 15.6 Å². The number of rotatable bonds is 3. The van der Waals surface area contributed by atoms with Gasteiger partial charge in [-0.15, -0.1) is 0 Å². The Labute approximate surface area is 174 Å². The van der Waals surface area contributed by atoms with Crippen molar-refractivity contribution >= 4 is 11.7 Å². The van der Waals surface area contributed by atoms with Crippen molar-refractivity contribution in [3.8, 4) is 17.1 Å². The molecule has 0 fully saturated rings. The second kappa shape index (κ2) is 8.02. The summed E-state index contributed by atoms with van der Waals surface area (Å²) in [4.78, 5) is 34.6. The Hall–Kier alpha value is -3.61. The zero-order valence-electron chi connectivity index (χ0n) is 17.3. The molecule has 1 aliphatic rings. The van der Waals surface area contributed by atoms with Crippen molar-refractivity contribution in [2.24, 2.45) is 0 Å². The van der Waals surface area contributed by atoms with Gasteiger partial charge in [-0.1, -0.05) is 17.7 Å². The summed E-state index contributed by atoms with van der Waals surface area (Å²) in [5.74, 6) is 1.21. The number of nitrogens with zero attached hydrogens (tertiary/aromatic N) is 2. The van der Waals surface area contributed by atoms with Gasteiger partial charge in [0.2, 0.25) is 0 Å². The van der Waals surface area contributed by atoms with Gasteiger partial charge in [0.1, 0.15) is 11.6 Å². The van der Waals surface area contributed by atoms with Crippen LogP contribution in [0.3, 0.4) is 0 Å². The number of carbonyl (C=O) groups excluding carboxylic acids is 1. The summed E-state index contributed by atoms with van der Waals surface area (Å²) in [6, 6.07) is 13.0. The van der Waals surface area contributed by atoms with Gasteiger partial charge in [-0.05, 0) is 56.2 Å². The second-order valence-corrected chi connectivity index (χ2v) is 7.49. The van der Waals surface area contributed by atoms with Crippen LogP contribution in [0.25, 0.3) is 11.4 Å². The highest BCUT2D eigenvalue weighted by Gasteiger charge is 2.25. The summed E-state index contributed by atoms with van der Waals surface area (Å²) in [6.45, 7) is 4.75. The average Bonchev–Trinajstić information content (AvgIpc) is 2.75. The Morgan fingerprint density at radius 2 is 1.93 bits per heavy atom. The normalized spacial score (nSPS) is 13.0. The minimum absolute atomic E-state index is 0.153. The molecule has 154 valence electrons. The lowest BCUT2D eigenvalue weighted by Gasteiger charge is -2.28. The number of methoxy groups -OCH3 is 1. The molecule has 0 spiro atoms. The summed E-state index contributed by atoms with van der Waals surface area (Å²) in [5, 5.41) is 2.97. The van der Waals surface area contributed by atoms with Crippen molar-refractivity contribution in [3.05, 3.63) is 75.2 Å². The predicted octanol–water partition coefficient (Wildman–Crippen LogP) is 3.65. The van der Waals surface area contributed by atoms with Crippen LogP contribution in [0.1, 0.15) is 22.4 Å². The Morgan fingerprint density at radius 3 is 2.63 bits per heavy atom. The molecule has 1 aliphatic heterocycles. The number of urea groups is 1. The molecule has 2 aromatic carbocycles. The van der Waals surface area contributed by atoms with E-state index < -0.39 is 0 Å². The summed E-state index contributed by atoms with van der Waals surface area (Å²) in [5.41, 5.74) is 4.85. The summed E-state index contributed by atoms with van der Waals surface area (Å²) in [6.07, 6.45) is 0.473. The Kier molecular flexibility index (Phi) is 5.27. The van der Waals surface area contributed by atoms with E-state index in [2.05, 4.69) is 15.3 Å². The molecule has 0 aliphatic carbocycles. The second-order valence-electron chi connectivity index (χ2n) is 7.49. The van der Waals surface area contributed by atoms with Crippen LogP contribution in [0.4, 0.5) is 10.5 Å². The molecule has 7 heteroatoms. The van der Waals surface area contributed by atoms with Crippen molar-refractivity contribution in [3.63, 3.8) is 0 Å². The maximum Gasteiger partial charge on any atom is 0.322 e. The number of H-pyrrole nitrogens is 1. The van der Waals surface area contributed by atoms with Gasteiger partial charge >= 0.3 is 6.03 Å². The molecule has 2 amide bonds. The average molecular weight is 404 g/mol. The molecular formula is C23H24N4O3. The lowest BCUT2D eigenvalue weighted by atomic mass is 10.1. The van der Waals surface area contributed by atoms with E-state index in [-0.39, 0.29) is 11.6 Å². The van der Waals surface area contributed by atoms with Gasteiger partial charge in [-0.25, -0.2) is 9.78 Å². The number of hydrogen-bond donors (Lipinski definition) is 2. The molecule has 1 aromatic heterocycles. The van der Waals surface area contributed by atoms with E-state index in [1.54, 1.807) is 12.0 Å². The molecule has 7 nitrogen and oxygen atoms in total. The Bertz CT molecular complexity index is 1150. The minimum atomic E-state index is -0.194. The molecule has 30 heavy (non-hydrogen) atoms. The van der Waals surface area contributed by atoms with Gasteiger partial charge in [0.05, 0.1) is 19.3 Å². The van der Waals surface area contributed by atoms with Crippen LogP contribution >= 0.6 is 0 Å². The highest BCUT2D eigenvalue weighted by Crippen LogP contribution is 2.22. The van der Waals surface area contributed by atoms with Crippen molar-refractivity contribution < 1.29 is 9.53 Å². The molecule has 0 saturated heterocycles. The maximum absolute atomic E-state index is 12.8. The molecule has 3 aromatic rings. The van der Waals surface area contributed by atoms with Gasteiger partial charge in [0.25, 0.3) is 5.56 Å². The molecule has 0 unspecified atom stereocenters. The van der Waals surface area contributed by atoms with Crippen molar-refractivity contribution in [2.75, 3.05) is 19.0 Å². The number of carbonyl (C=O) groups is 1. The highest BCUT2D eigenvalue weighted by molar-refractivity contribution is 5.90. The van der Waals surface area contributed by atoms with Crippen LogP contribution in [-0.2, 0) is 13.0 Å². The van der Waals surface area contributed by atoms with Gasteiger partial charge in [0.15, 0.2) is 0 Å². The van der Waals surface area contributed by atoms with E-state index in [1.807, 2.05) is 56.3 Å². The fraction of sp³-hybridized carbons (Fsp3) is 0.261. The van der Waals surface area contributed by atoms with E-state index in [9.17, 15) is 9.59 Å². The molecule has 2 heterocycles. The van der Waals surface area contributed by atoms with Crippen LogP contribution in [-0.4, -0.2) is 34.6 Å². The number of amides is 2. The smallest absolute Gasteiger partial charge is 0.322 e. The number of aryl methyl sites for hydroxylation is 2. The van der Waals surface area contributed by atoms with E-state index in [1.165, 1.54) is 0 Å². The van der Waals surface area contributed by atoms with Crippen LogP contribution in [0, 0.1) is 13.8 Å². The number of ether oxygens (including phenoxy) is 1. The zero-order chi connectivity index (χ0) is 21.3. The number of fused-ring (bicyclic) bond motifs is 1. The van der Waals surface area contributed by atoms with Crippen LogP contribution in [0.2, 0.25) is 0 Å². The molecule has 4 rings (SSSR count). The fourth-order valence-electron chi connectivity index (χ4n) is 3.65. The zero-order valence-corrected chi connectivity index (χ0v) is 17.3. The summed E-state index contributed by atoms with van der Waals surface area (Å²) < 4.78 is 5.18. The Morgan fingerprint density at radius 1 is 1.17 bits per heavy atom.